The normalized spacial score (nSPS) is 13.4. The molecule has 0 fully saturated rings. The average molecular weight is 292 g/mol. The Morgan fingerprint density at radius 2 is 1.90 bits per heavy atom. The van der Waals surface area contributed by atoms with Crippen LogP contribution in [-0.4, -0.2) is 4.98 Å². The molecular weight excluding hydrogens is 271 g/mol. The highest BCUT2D eigenvalue weighted by Crippen LogP contribution is 2.24. The molecule has 1 aromatic heterocycles. The monoisotopic (exact) mass is 292 g/mol. The molecule has 2 nitrogen and oxygen atoms in total. The van der Waals surface area contributed by atoms with Gasteiger partial charge in [0.25, 0.3) is 0 Å². The van der Waals surface area contributed by atoms with Crippen LogP contribution in [0, 0.1) is 5.82 Å². The molecule has 2 rings (SSSR count). The van der Waals surface area contributed by atoms with Crippen LogP contribution >= 0.6 is 11.3 Å². The molecule has 1 atom stereocenters. The molecule has 0 saturated carbocycles. The van der Waals surface area contributed by atoms with Crippen LogP contribution in [0.4, 0.5) is 4.39 Å². The standard InChI is InChI=1S/C16H21FN2S/c1-11(12-5-7-13(17)8-6-12)18-9-15-19-14(10-20-15)16(2,3)4/h5-8,10-11,18H,9H2,1-4H3. The van der Waals surface area contributed by atoms with Crippen LogP contribution in [0.25, 0.3) is 0 Å². The summed E-state index contributed by atoms with van der Waals surface area (Å²) in [7, 11) is 0. The molecule has 0 spiro atoms. The summed E-state index contributed by atoms with van der Waals surface area (Å²) < 4.78 is 12.9. The van der Waals surface area contributed by atoms with Crippen molar-refractivity contribution < 1.29 is 4.39 Å². The van der Waals surface area contributed by atoms with Gasteiger partial charge >= 0.3 is 0 Å². The van der Waals surface area contributed by atoms with Crippen molar-refractivity contribution in [3.63, 3.8) is 0 Å². The van der Waals surface area contributed by atoms with Crippen molar-refractivity contribution in [1.82, 2.24) is 10.3 Å². The minimum Gasteiger partial charge on any atom is -0.304 e. The molecule has 2 aromatic rings. The predicted octanol–water partition coefficient (Wildman–Crippen LogP) is 4.43. The summed E-state index contributed by atoms with van der Waals surface area (Å²) in [6.07, 6.45) is 0. The fraction of sp³-hybridized carbons (Fsp3) is 0.438. The lowest BCUT2D eigenvalue weighted by molar-refractivity contribution is 0.553. The van der Waals surface area contributed by atoms with Crippen molar-refractivity contribution in [1.29, 1.82) is 0 Å². The van der Waals surface area contributed by atoms with Gasteiger partial charge in [0, 0.05) is 23.4 Å². The van der Waals surface area contributed by atoms with E-state index in [9.17, 15) is 4.39 Å². The van der Waals surface area contributed by atoms with E-state index in [1.165, 1.54) is 12.1 Å². The summed E-state index contributed by atoms with van der Waals surface area (Å²) in [5.41, 5.74) is 2.31. The number of benzene rings is 1. The van der Waals surface area contributed by atoms with Gasteiger partial charge in [-0.3, -0.25) is 0 Å². The van der Waals surface area contributed by atoms with Crippen molar-refractivity contribution in [3.8, 4) is 0 Å². The summed E-state index contributed by atoms with van der Waals surface area (Å²) in [5, 5.41) is 6.64. The highest BCUT2D eigenvalue weighted by molar-refractivity contribution is 7.09. The second kappa shape index (κ2) is 6.02. The van der Waals surface area contributed by atoms with Gasteiger partial charge in [-0.1, -0.05) is 32.9 Å². The van der Waals surface area contributed by atoms with E-state index >= 15 is 0 Å². The molecule has 0 bridgehead atoms. The third-order valence-electron chi connectivity index (χ3n) is 3.25. The van der Waals surface area contributed by atoms with Gasteiger partial charge in [-0.05, 0) is 24.6 Å². The molecule has 1 unspecified atom stereocenters. The quantitative estimate of drug-likeness (QED) is 0.901. The molecule has 0 saturated heterocycles. The highest BCUT2D eigenvalue weighted by Gasteiger charge is 2.17. The van der Waals surface area contributed by atoms with E-state index < -0.39 is 0 Å². The zero-order valence-corrected chi connectivity index (χ0v) is 13.2. The Labute approximate surface area is 124 Å². The lowest BCUT2D eigenvalue weighted by Crippen LogP contribution is -2.18. The van der Waals surface area contributed by atoms with Crippen LogP contribution in [0.5, 0.6) is 0 Å². The number of nitrogens with zero attached hydrogens (tertiary/aromatic N) is 1. The fourth-order valence-corrected chi connectivity index (χ4v) is 2.82. The molecule has 108 valence electrons. The summed E-state index contributed by atoms with van der Waals surface area (Å²) in [6, 6.07) is 6.80. The molecular formula is C16H21FN2S. The fourth-order valence-electron chi connectivity index (χ4n) is 1.85. The maximum Gasteiger partial charge on any atom is 0.123 e. The Balaban J connectivity index is 1.95. The second-order valence-electron chi connectivity index (χ2n) is 6.03. The molecule has 4 heteroatoms. The molecule has 1 aromatic carbocycles. The van der Waals surface area contributed by atoms with Crippen LogP contribution in [0.15, 0.2) is 29.6 Å². The summed E-state index contributed by atoms with van der Waals surface area (Å²) in [5.74, 6) is -0.198. The first-order chi connectivity index (χ1) is 9.36. The van der Waals surface area contributed by atoms with Crippen LogP contribution in [0.3, 0.4) is 0 Å². The molecule has 20 heavy (non-hydrogen) atoms. The topological polar surface area (TPSA) is 24.9 Å². The Kier molecular flexibility index (Phi) is 4.55. The summed E-state index contributed by atoms with van der Waals surface area (Å²) >= 11 is 1.68. The second-order valence-corrected chi connectivity index (χ2v) is 6.97. The maximum absolute atomic E-state index is 12.9. The van der Waals surface area contributed by atoms with E-state index in [0.29, 0.717) is 0 Å². The first-order valence-corrected chi connectivity index (χ1v) is 7.68. The zero-order valence-electron chi connectivity index (χ0n) is 12.4. The summed E-state index contributed by atoms with van der Waals surface area (Å²) in [6.45, 7) is 9.31. The van der Waals surface area contributed by atoms with Gasteiger partial charge < -0.3 is 5.32 Å². The van der Waals surface area contributed by atoms with E-state index in [1.54, 1.807) is 11.3 Å². The van der Waals surface area contributed by atoms with Gasteiger partial charge in [0.1, 0.15) is 10.8 Å². The number of hydrogen-bond donors (Lipinski definition) is 1. The molecule has 0 aliphatic rings. The van der Waals surface area contributed by atoms with Crippen LogP contribution in [-0.2, 0) is 12.0 Å². The van der Waals surface area contributed by atoms with Crippen LogP contribution in [0.1, 0.15) is 50.0 Å². The molecule has 0 radical (unpaired) electrons. The van der Waals surface area contributed by atoms with Crippen molar-refractivity contribution in [3.05, 3.63) is 51.7 Å². The van der Waals surface area contributed by atoms with Crippen molar-refractivity contribution in [2.45, 2.75) is 45.7 Å². The summed E-state index contributed by atoms with van der Waals surface area (Å²) in [4.78, 5) is 4.66. The smallest absolute Gasteiger partial charge is 0.123 e. The number of hydrogen-bond acceptors (Lipinski definition) is 3. The van der Waals surface area contributed by atoms with Crippen molar-refractivity contribution >= 4 is 11.3 Å². The number of thiazole rings is 1. The minimum absolute atomic E-state index is 0.0946. The van der Waals surface area contributed by atoms with E-state index in [2.05, 4.69) is 43.4 Å². The van der Waals surface area contributed by atoms with Gasteiger partial charge in [-0.2, -0.15) is 0 Å². The molecule has 0 amide bonds. The van der Waals surface area contributed by atoms with Crippen LogP contribution in [0.2, 0.25) is 0 Å². The SMILES string of the molecule is CC(NCc1nc(C(C)(C)C)cs1)c1ccc(F)cc1. The number of aromatic nitrogens is 1. The lowest BCUT2D eigenvalue weighted by atomic mass is 9.93. The Morgan fingerprint density at radius 1 is 1.25 bits per heavy atom. The Morgan fingerprint density at radius 3 is 2.45 bits per heavy atom. The lowest BCUT2D eigenvalue weighted by Gasteiger charge is -2.15. The highest BCUT2D eigenvalue weighted by atomic mass is 32.1. The van der Waals surface area contributed by atoms with Gasteiger partial charge in [0.05, 0.1) is 5.69 Å². The molecule has 1 N–H and O–H groups in total. The van der Waals surface area contributed by atoms with E-state index in [1.807, 2.05) is 12.1 Å². The number of rotatable bonds is 4. The van der Waals surface area contributed by atoms with Gasteiger partial charge in [-0.15, -0.1) is 11.3 Å². The van der Waals surface area contributed by atoms with Gasteiger partial charge in [0.15, 0.2) is 0 Å². The molecule has 0 aliphatic heterocycles. The Hall–Kier alpha value is -1.26. The minimum atomic E-state index is -0.198. The van der Waals surface area contributed by atoms with Gasteiger partial charge in [0.2, 0.25) is 0 Å². The zero-order chi connectivity index (χ0) is 14.8. The van der Waals surface area contributed by atoms with Gasteiger partial charge in [-0.25, -0.2) is 9.37 Å². The Bertz CT molecular complexity index is 555. The van der Waals surface area contributed by atoms with E-state index in [4.69, 9.17) is 0 Å². The predicted molar refractivity (Wildman–Crippen MR) is 82.5 cm³/mol. The average Bonchev–Trinajstić information content (AvgIpc) is 2.85. The third kappa shape index (κ3) is 3.87. The largest absolute Gasteiger partial charge is 0.304 e. The number of nitrogens with one attached hydrogen (secondary N) is 1. The van der Waals surface area contributed by atoms with Crippen molar-refractivity contribution in [2.75, 3.05) is 0 Å². The van der Waals surface area contributed by atoms with E-state index in [-0.39, 0.29) is 17.3 Å². The van der Waals surface area contributed by atoms with Crippen LogP contribution < -0.4 is 5.32 Å². The van der Waals surface area contributed by atoms with E-state index in [0.717, 1.165) is 22.8 Å². The maximum atomic E-state index is 12.9. The first kappa shape index (κ1) is 15.1. The number of halogens is 1. The molecule has 1 heterocycles. The third-order valence-corrected chi connectivity index (χ3v) is 4.10. The van der Waals surface area contributed by atoms with Crippen molar-refractivity contribution in [2.24, 2.45) is 0 Å². The first-order valence-electron chi connectivity index (χ1n) is 6.80. The molecule has 0 aliphatic carbocycles.